The molecular formula is C19H30N4O2. The summed E-state index contributed by atoms with van der Waals surface area (Å²) in [6.07, 6.45) is 5.37. The van der Waals surface area contributed by atoms with Gasteiger partial charge in [-0.05, 0) is 58.5 Å². The number of likely N-dealkylation sites (N-methyl/N-ethyl adjacent to an activating group) is 1. The summed E-state index contributed by atoms with van der Waals surface area (Å²) in [4.78, 5) is 4.62. The summed E-state index contributed by atoms with van der Waals surface area (Å²) >= 11 is 0. The molecule has 0 radical (unpaired) electrons. The second-order valence-electron chi connectivity index (χ2n) is 7.11. The summed E-state index contributed by atoms with van der Waals surface area (Å²) in [5, 5.41) is 4.53. The highest BCUT2D eigenvalue weighted by Crippen LogP contribution is 2.24. The van der Waals surface area contributed by atoms with E-state index in [0.717, 1.165) is 57.1 Å². The SMILES string of the molecule is Cc1ccc(CN(CCN(C)C)Cc2ccnn2[C@H]2CCCCO2)o1. The maximum Gasteiger partial charge on any atom is 0.150 e. The largest absolute Gasteiger partial charge is 0.465 e. The van der Waals surface area contributed by atoms with Crippen LogP contribution in [0.15, 0.2) is 28.8 Å². The van der Waals surface area contributed by atoms with Crippen molar-refractivity contribution in [3.63, 3.8) is 0 Å². The molecule has 2 aromatic rings. The van der Waals surface area contributed by atoms with Gasteiger partial charge in [0, 0.05) is 32.4 Å². The van der Waals surface area contributed by atoms with E-state index in [-0.39, 0.29) is 6.23 Å². The number of aryl methyl sites for hydroxylation is 1. The van der Waals surface area contributed by atoms with Gasteiger partial charge in [0.2, 0.25) is 0 Å². The molecule has 0 spiro atoms. The summed E-state index contributed by atoms with van der Waals surface area (Å²) in [7, 11) is 4.21. The highest BCUT2D eigenvalue weighted by atomic mass is 16.5. The third kappa shape index (κ3) is 5.17. The van der Waals surface area contributed by atoms with Crippen molar-refractivity contribution in [3.05, 3.63) is 41.6 Å². The molecule has 3 rings (SSSR count). The molecule has 0 N–H and O–H groups in total. The minimum absolute atomic E-state index is 0.0836. The first-order valence-corrected chi connectivity index (χ1v) is 9.18. The molecule has 3 heterocycles. The Hall–Kier alpha value is -1.63. The van der Waals surface area contributed by atoms with Crippen LogP contribution in [0.5, 0.6) is 0 Å². The molecule has 1 saturated heterocycles. The van der Waals surface area contributed by atoms with Crippen LogP contribution >= 0.6 is 0 Å². The van der Waals surface area contributed by atoms with Crippen molar-refractivity contribution in [2.45, 2.75) is 45.5 Å². The topological polar surface area (TPSA) is 46.7 Å². The highest BCUT2D eigenvalue weighted by molar-refractivity contribution is 5.07. The van der Waals surface area contributed by atoms with E-state index in [9.17, 15) is 0 Å². The fourth-order valence-corrected chi connectivity index (χ4v) is 3.22. The Balaban J connectivity index is 1.69. The lowest BCUT2D eigenvalue weighted by Gasteiger charge is -2.27. The second-order valence-corrected chi connectivity index (χ2v) is 7.11. The van der Waals surface area contributed by atoms with Gasteiger partial charge in [0.05, 0.1) is 12.2 Å². The van der Waals surface area contributed by atoms with Crippen LogP contribution in [0.4, 0.5) is 0 Å². The molecule has 25 heavy (non-hydrogen) atoms. The summed E-state index contributed by atoms with van der Waals surface area (Å²) in [5.74, 6) is 1.97. The monoisotopic (exact) mass is 346 g/mol. The zero-order chi connectivity index (χ0) is 17.6. The van der Waals surface area contributed by atoms with Gasteiger partial charge in [-0.1, -0.05) is 0 Å². The van der Waals surface area contributed by atoms with Gasteiger partial charge in [0.1, 0.15) is 11.5 Å². The molecule has 0 amide bonds. The molecule has 1 aliphatic rings. The molecule has 1 atom stereocenters. The third-order valence-electron chi connectivity index (χ3n) is 4.61. The molecule has 0 bridgehead atoms. The van der Waals surface area contributed by atoms with Crippen molar-refractivity contribution < 1.29 is 9.15 Å². The summed E-state index contributed by atoms with van der Waals surface area (Å²) in [5.41, 5.74) is 1.20. The Morgan fingerprint density at radius 1 is 1.16 bits per heavy atom. The molecule has 0 unspecified atom stereocenters. The van der Waals surface area contributed by atoms with E-state index in [0.29, 0.717) is 0 Å². The van der Waals surface area contributed by atoms with Crippen LogP contribution < -0.4 is 0 Å². The van der Waals surface area contributed by atoms with Crippen LogP contribution in [0.25, 0.3) is 0 Å². The lowest BCUT2D eigenvalue weighted by molar-refractivity contribution is -0.0421. The van der Waals surface area contributed by atoms with Crippen molar-refractivity contribution in [1.82, 2.24) is 19.6 Å². The van der Waals surface area contributed by atoms with Gasteiger partial charge < -0.3 is 14.1 Å². The van der Waals surface area contributed by atoms with Gasteiger partial charge in [-0.25, -0.2) is 4.68 Å². The van der Waals surface area contributed by atoms with Crippen LogP contribution in [-0.4, -0.2) is 53.4 Å². The number of aromatic nitrogens is 2. The number of hydrogen-bond donors (Lipinski definition) is 0. The Bertz CT molecular complexity index is 643. The molecule has 138 valence electrons. The lowest BCUT2D eigenvalue weighted by Crippen LogP contribution is -2.32. The lowest BCUT2D eigenvalue weighted by atomic mass is 10.2. The zero-order valence-corrected chi connectivity index (χ0v) is 15.6. The van der Waals surface area contributed by atoms with Gasteiger partial charge in [-0.3, -0.25) is 4.90 Å². The molecule has 1 fully saturated rings. The van der Waals surface area contributed by atoms with Crippen LogP contribution in [0.2, 0.25) is 0 Å². The third-order valence-corrected chi connectivity index (χ3v) is 4.61. The van der Waals surface area contributed by atoms with Crippen LogP contribution in [-0.2, 0) is 17.8 Å². The van der Waals surface area contributed by atoms with Crippen LogP contribution in [0, 0.1) is 6.92 Å². The van der Waals surface area contributed by atoms with E-state index in [1.165, 1.54) is 12.1 Å². The molecule has 6 nitrogen and oxygen atoms in total. The van der Waals surface area contributed by atoms with Crippen molar-refractivity contribution in [1.29, 1.82) is 0 Å². The first kappa shape index (κ1) is 18.2. The average Bonchev–Trinajstić information content (AvgIpc) is 3.22. The molecule has 1 aliphatic heterocycles. The number of nitrogens with zero attached hydrogens (tertiary/aromatic N) is 4. The van der Waals surface area contributed by atoms with Crippen molar-refractivity contribution in [2.24, 2.45) is 0 Å². The van der Waals surface area contributed by atoms with Crippen molar-refractivity contribution in [2.75, 3.05) is 33.8 Å². The van der Waals surface area contributed by atoms with Gasteiger partial charge in [-0.2, -0.15) is 5.10 Å². The summed E-state index contributed by atoms with van der Waals surface area (Å²) in [6, 6.07) is 6.20. The Labute approximate surface area is 150 Å². The van der Waals surface area contributed by atoms with E-state index in [4.69, 9.17) is 9.15 Å². The zero-order valence-electron chi connectivity index (χ0n) is 15.6. The molecule has 0 aliphatic carbocycles. The highest BCUT2D eigenvalue weighted by Gasteiger charge is 2.20. The second kappa shape index (κ2) is 8.65. The molecule has 2 aromatic heterocycles. The van der Waals surface area contributed by atoms with E-state index < -0.39 is 0 Å². The maximum atomic E-state index is 5.92. The first-order chi connectivity index (χ1) is 12.1. The summed E-state index contributed by atoms with van der Waals surface area (Å²) < 4.78 is 13.8. The average molecular weight is 346 g/mol. The molecule has 0 aromatic carbocycles. The van der Waals surface area contributed by atoms with E-state index in [1.807, 2.05) is 19.2 Å². The Morgan fingerprint density at radius 2 is 2.04 bits per heavy atom. The number of hydrogen-bond acceptors (Lipinski definition) is 5. The summed E-state index contributed by atoms with van der Waals surface area (Å²) in [6.45, 7) is 6.45. The number of furan rings is 1. The quantitative estimate of drug-likeness (QED) is 0.735. The molecule has 6 heteroatoms. The van der Waals surface area contributed by atoms with E-state index in [2.05, 4.69) is 45.8 Å². The van der Waals surface area contributed by atoms with E-state index in [1.54, 1.807) is 0 Å². The van der Waals surface area contributed by atoms with Gasteiger partial charge in [0.25, 0.3) is 0 Å². The van der Waals surface area contributed by atoms with Gasteiger partial charge >= 0.3 is 0 Å². The van der Waals surface area contributed by atoms with Gasteiger partial charge in [0.15, 0.2) is 6.23 Å². The molecular weight excluding hydrogens is 316 g/mol. The van der Waals surface area contributed by atoms with E-state index >= 15 is 0 Å². The smallest absolute Gasteiger partial charge is 0.150 e. The first-order valence-electron chi connectivity index (χ1n) is 9.18. The Morgan fingerprint density at radius 3 is 2.72 bits per heavy atom. The van der Waals surface area contributed by atoms with Crippen molar-refractivity contribution >= 4 is 0 Å². The minimum atomic E-state index is 0.0836. The normalized spacial score (nSPS) is 18.4. The standard InChI is InChI=1S/C19H30N4O2/c1-16-7-8-18(25-16)15-22(12-11-21(2)3)14-17-9-10-20-23(17)19-6-4-5-13-24-19/h7-10,19H,4-6,11-15H2,1-3H3/t19-/m1/s1. The number of rotatable bonds is 8. The van der Waals surface area contributed by atoms with Crippen LogP contribution in [0.1, 0.15) is 42.7 Å². The predicted molar refractivity (Wildman–Crippen MR) is 97.2 cm³/mol. The number of ether oxygens (including phenoxy) is 1. The minimum Gasteiger partial charge on any atom is -0.465 e. The maximum absolute atomic E-state index is 5.92. The fourth-order valence-electron chi connectivity index (χ4n) is 3.22. The van der Waals surface area contributed by atoms with Gasteiger partial charge in [-0.15, -0.1) is 0 Å². The predicted octanol–water partition coefficient (Wildman–Crippen LogP) is 3.05. The van der Waals surface area contributed by atoms with Crippen molar-refractivity contribution in [3.8, 4) is 0 Å². The fraction of sp³-hybridized carbons (Fsp3) is 0.632. The van der Waals surface area contributed by atoms with Crippen LogP contribution in [0.3, 0.4) is 0 Å². The molecule has 0 saturated carbocycles. The Kier molecular flexibility index (Phi) is 6.29.